The predicted molar refractivity (Wildman–Crippen MR) is 67.5 cm³/mol. The second-order valence-electron chi connectivity index (χ2n) is 5.28. The van der Waals surface area contributed by atoms with Crippen LogP contribution in [0.25, 0.3) is 0 Å². The fourth-order valence-corrected chi connectivity index (χ4v) is 1.18. The Morgan fingerprint density at radius 1 is 1.21 bits per heavy atom. The molecule has 0 aliphatic rings. The van der Waals surface area contributed by atoms with Gasteiger partial charge < -0.3 is 10.6 Å². The SMILES string of the molecule is CC(C)NC(=S)NCC(C)C(C)(C)C. The summed E-state index contributed by atoms with van der Waals surface area (Å²) in [4.78, 5) is 0. The Labute approximate surface area is 93.8 Å². The molecule has 0 amide bonds. The van der Waals surface area contributed by atoms with Gasteiger partial charge in [0.1, 0.15) is 0 Å². The quantitative estimate of drug-likeness (QED) is 0.709. The lowest BCUT2D eigenvalue weighted by Crippen LogP contribution is -2.42. The van der Waals surface area contributed by atoms with Crippen molar-refractivity contribution in [2.24, 2.45) is 11.3 Å². The van der Waals surface area contributed by atoms with E-state index in [4.69, 9.17) is 12.2 Å². The van der Waals surface area contributed by atoms with Crippen LogP contribution in [0.2, 0.25) is 0 Å². The first kappa shape index (κ1) is 13.7. The monoisotopic (exact) mass is 216 g/mol. The minimum absolute atomic E-state index is 0.334. The molecule has 0 aliphatic heterocycles. The van der Waals surface area contributed by atoms with E-state index < -0.39 is 0 Å². The van der Waals surface area contributed by atoms with E-state index in [0.29, 0.717) is 17.4 Å². The molecule has 0 bridgehead atoms. The van der Waals surface area contributed by atoms with Crippen molar-refractivity contribution in [2.45, 2.75) is 47.6 Å². The molecule has 0 aromatic heterocycles. The lowest BCUT2D eigenvalue weighted by molar-refractivity contribution is 0.262. The second kappa shape index (κ2) is 5.54. The van der Waals surface area contributed by atoms with Crippen LogP contribution in [0.3, 0.4) is 0 Å². The summed E-state index contributed by atoms with van der Waals surface area (Å²) in [6.45, 7) is 14.1. The van der Waals surface area contributed by atoms with E-state index in [0.717, 1.165) is 11.7 Å². The molecule has 2 N–H and O–H groups in total. The second-order valence-corrected chi connectivity index (χ2v) is 5.68. The first-order chi connectivity index (χ1) is 6.23. The maximum absolute atomic E-state index is 5.15. The zero-order valence-electron chi connectivity index (χ0n) is 10.3. The van der Waals surface area contributed by atoms with E-state index in [9.17, 15) is 0 Å². The fraction of sp³-hybridized carbons (Fsp3) is 0.909. The maximum Gasteiger partial charge on any atom is 0.166 e. The highest BCUT2D eigenvalue weighted by Gasteiger charge is 2.19. The van der Waals surface area contributed by atoms with Crippen molar-refractivity contribution < 1.29 is 0 Å². The molecule has 2 nitrogen and oxygen atoms in total. The molecule has 0 rings (SSSR count). The van der Waals surface area contributed by atoms with E-state index in [1.807, 2.05) is 0 Å². The summed E-state index contributed by atoms with van der Waals surface area (Å²) in [5, 5.41) is 7.17. The largest absolute Gasteiger partial charge is 0.362 e. The Bertz CT molecular complexity index is 182. The van der Waals surface area contributed by atoms with E-state index in [2.05, 4.69) is 52.2 Å². The summed E-state index contributed by atoms with van der Waals surface area (Å²) in [6, 6.07) is 0.403. The highest BCUT2D eigenvalue weighted by molar-refractivity contribution is 7.80. The summed E-state index contributed by atoms with van der Waals surface area (Å²) in [7, 11) is 0. The zero-order valence-corrected chi connectivity index (χ0v) is 11.1. The van der Waals surface area contributed by atoms with Gasteiger partial charge in [0, 0.05) is 12.6 Å². The molecule has 0 spiro atoms. The van der Waals surface area contributed by atoms with Crippen LogP contribution in [0.1, 0.15) is 41.5 Å². The first-order valence-electron chi connectivity index (χ1n) is 5.28. The Balaban J connectivity index is 3.78. The molecule has 0 saturated carbocycles. The number of nitrogens with one attached hydrogen (secondary N) is 2. The van der Waals surface area contributed by atoms with Crippen LogP contribution in [-0.4, -0.2) is 17.7 Å². The molecule has 0 radical (unpaired) electrons. The van der Waals surface area contributed by atoms with Crippen LogP contribution in [0.5, 0.6) is 0 Å². The van der Waals surface area contributed by atoms with Crippen LogP contribution in [0, 0.1) is 11.3 Å². The molecular formula is C11H24N2S. The van der Waals surface area contributed by atoms with Gasteiger partial charge in [-0.25, -0.2) is 0 Å². The van der Waals surface area contributed by atoms with Gasteiger partial charge in [-0.1, -0.05) is 27.7 Å². The predicted octanol–water partition coefficient (Wildman–Crippen LogP) is 2.54. The lowest BCUT2D eigenvalue weighted by Gasteiger charge is -2.28. The molecule has 14 heavy (non-hydrogen) atoms. The average molecular weight is 216 g/mol. The minimum atomic E-state index is 0.334. The van der Waals surface area contributed by atoms with Crippen molar-refractivity contribution in [3.05, 3.63) is 0 Å². The summed E-state index contributed by atoms with van der Waals surface area (Å²) >= 11 is 5.15. The summed E-state index contributed by atoms with van der Waals surface area (Å²) in [5.74, 6) is 0.606. The first-order valence-corrected chi connectivity index (χ1v) is 5.68. The lowest BCUT2D eigenvalue weighted by atomic mass is 9.82. The molecule has 0 aromatic carbocycles. The van der Waals surface area contributed by atoms with E-state index in [1.165, 1.54) is 0 Å². The van der Waals surface area contributed by atoms with Crippen LogP contribution < -0.4 is 10.6 Å². The van der Waals surface area contributed by atoms with Crippen molar-refractivity contribution in [1.29, 1.82) is 0 Å². The van der Waals surface area contributed by atoms with Gasteiger partial charge in [0.15, 0.2) is 5.11 Å². The van der Waals surface area contributed by atoms with E-state index in [-0.39, 0.29) is 0 Å². The van der Waals surface area contributed by atoms with Crippen molar-refractivity contribution in [3.63, 3.8) is 0 Å². The standard InChI is InChI=1S/C11H24N2S/c1-8(2)13-10(14)12-7-9(3)11(4,5)6/h8-9H,7H2,1-6H3,(H2,12,13,14). The fourth-order valence-electron chi connectivity index (χ4n) is 0.865. The molecule has 0 fully saturated rings. The van der Waals surface area contributed by atoms with Gasteiger partial charge in [0.25, 0.3) is 0 Å². The molecule has 1 atom stereocenters. The average Bonchev–Trinajstić information content (AvgIpc) is 1.96. The van der Waals surface area contributed by atoms with Crippen LogP contribution in [-0.2, 0) is 0 Å². The number of thiocarbonyl (C=S) groups is 1. The van der Waals surface area contributed by atoms with Crippen molar-refractivity contribution in [3.8, 4) is 0 Å². The molecule has 0 aliphatic carbocycles. The smallest absolute Gasteiger partial charge is 0.166 e. The number of hydrogen-bond donors (Lipinski definition) is 2. The minimum Gasteiger partial charge on any atom is -0.362 e. The molecular weight excluding hydrogens is 192 g/mol. The van der Waals surface area contributed by atoms with Gasteiger partial charge in [0.2, 0.25) is 0 Å². The highest BCUT2D eigenvalue weighted by Crippen LogP contribution is 2.24. The highest BCUT2D eigenvalue weighted by atomic mass is 32.1. The molecule has 0 heterocycles. The van der Waals surface area contributed by atoms with Gasteiger partial charge in [-0.15, -0.1) is 0 Å². The van der Waals surface area contributed by atoms with E-state index in [1.54, 1.807) is 0 Å². The van der Waals surface area contributed by atoms with Crippen LogP contribution in [0.15, 0.2) is 0 Å². The summed E-state index contributed by atoms with van der Waals surface area (Å²) < 4.78 is 0. The Morgan fingerprint density at radius 2 is 1.71 bits per heavy atom. The van der Waals surface area contributed by atoms with E-state index >= 15 is 0 Å². The maximum atomic E-state index is 5.15. The van der Waals surface area contributed by atoms with Gasteiger partial charge >= 0.3 is 0 Å². The van der Waals surface area contributed by atoms with Crippen molar-refractivity contribution in [1.82, 2.24) is 10.6 Å². The van der Waals surface area contributed by atoms with Gasteiger partial charge in [0.05, 0.1) is 0 Å². The summed E-state index contributed by atoms with van der Waals surface area (Å²) in [6.07, 6.45) is 0. The normalized spacial score (nSPS) is 13.9. The molecule has 0 aromatic rings. The molecule has 1 unspecified atom stereocenters. The Kier molecular flexibility index (Phi) is 5.42. The van der Waals surface area contributed by atoms with Crippen molar-refractivity contribution in [2.75, 3.05) is 6.54 Å². The van der Waals surface area contributed by atoms with Crippen LogP contribution >= 0.6 is 12.2 Å². The topological polar surface area (TPSA) is 24.1 Å². The third-order valence-corrected chi connectivity index (χ3v) is 2.73. The Hall–Kier alpha value is -0.310. The Morgan fingerprint density at radius 3 is 2.07 bits per heavy atom. The number of hydrogen-bond acceptors (Lipinski definition) is 1. The van der Waals surface area contributed by atoms with Gasteiger partial charge in [-0.3, -0.25) is 0 Å². The van der Waals surface area contributed by atoms with Gasteiger partial charge in [-0.2, -0.15) is 0 Å². The molecule has 0 saturated heterocycles. The molecule has 3 heteroatoms. The third-order valence-electron chi connectivity index (χ3n) is 2.47. The van der Waals surface area contributed by atoms with Crippen molar-refractivity contribution >= 4 is 17.3 Å². The zero-order chi connectivity index (χ0) is 11.4. The summed E-state index contributed by atoms with van der Waals surface area (Å²) in [5.41, 5.74) is 0.334. The number of rotatable bonds is 3. The van der Waals surface area contributed by atoms with Gasteiger partial charge in [-0.05, 0) is 37.4 Å². The third kappa shape index (κ3) is 6.19. The van der Waals surface area contributed by atoms with Crippen LogP contribution in [0.4, 0.5) is 0 Å². The molecule has 84 valence electrons.